The first-order valence-electron chi connectivity index (χ1n) is 8.14. The van der Waals surface area contributed by atoms with Crippen molar-refractivity contribution >= 4 is 0 Å². The van der Waals surface area contributed by atoms with Crippen LogP contribution in [0.4, 0.5) is 0 Å². The Balaban J connectivity index is 1.48. The summed E-state index contributed by atoms with van der Waals surface area (Å²) < 4.78 is 3.59. The van der Waals surface area contributed by atoms with Gasteiger partial charge in [0.2, 0.25) is 0 Å². The highest BCUT2D eigenvalue weighted by Gasteiger charge is 2.23. The molecule has 2 aliphatic heterocycles. The topological polar surface area (TPSA) is 91.1 Å². The van der Waals surface area contributed by atoms with Crippen LogP contribution in [0.25, 0.3) is 0 Å². The van der Waals surface area contributed by atoms with Crippen LogP contribution in [0.5, 0.6) is 0 Å². The molecular weight excluding hydrogens is 296 g/mol. The maximum absolute atomic E-state index is 12.2. The number of aliphatic hydroxyl groups is 1. The van der Waals surface area contributed by atoms with Crippen molar-refractivity contribution in [2.75, 3.05) is 19.7 Å². The second kappa shape index (κ2) is 5.95. The molecule has 0 aromatic carbocycles. The second-order valence-electron chi connectivity index (χ2n) is 6.24. The molecule has 0 saturated heterocycles. The highest BCUT2D eigenvalue weighted by molar-refractivity contribution is 5.21. The zero-order valence-electron chi connectivity index (χ0n) is 13.1. The van der Waals surface area contributed by atoms with E-state index in [0.717, 1.165) is 62.6 Å². The number of nitrogens with one attached hydrogen (secondary N) is 2. The van der Waals surface area contributed by atoms with Gasteiger partial charge in [-0.2, -0.15) is 5.10 Å². The van der Waals surface area contributed by atoms with Gasteiger partial charge in [0.05, 0.1) is 36.8 Å². The van der Waals surface area contributed by atoms with Crippen LogP contribution in [-0.2, 0) is 39.1 Å². The average Bonchev–Trinajstić information content (AvgIpc) is 3.09. The molecule has 4 rings (SSSR count). The molecule has 0 spiro atoms. The van der Waals surface area contributed by atoms with Gasteiger partial charge in [-0.1, -0.05) is 0 Å². The summed E-state index contributed by atoms with van der Waals surface area (Å²) in [5.41, 5.74) is 4.18. The maximum Gasteiger partial charge on any atom is 0.270 e. The Morgan fingerprint density at radius 1 is 1.35 bits per heavy atom. The molecule has 8 heteroatoms. The third-order valence-electron chi connectivity index (χ3n) is 4.63. The summed E-state index contributed by atoms with van der Waals surface area (Å²) in [5.74, 6) is 0. The zero-order valence-corrected chi connectivity index (χ0v) is 13.1. The van der Waals surface area contributed by atoms with E-state index in [4.69, 9.17) is 5.11 Å². The molecule has 0 saturated carbocycles. The number of aliphatic hydroxyl groups excluding tert-OH is 1. The van der Waals surface area contributed by atoms with Gasteiger partial charge in [0.15, 0.2) is 0 Å². The lowest BCUT2D eigenvalue weighted by atomic mass is 10.1. The molecule has 0 radical (unpaired) electrons. The summed E-state index contributed by atoms with van der Waals surface area (Å²) in [6.07, 6.45) is 0.748. The minimum Gasteiger partial charge on any atom is -0.394 e. The van der Waals surface area contributed by atoms with Crippen molar-refractivity contribution in [2.24, 2.45) is 0 Å². The third kappa shape index (κ3) is 2.73. The average molecular weight is 318 g/mol. The summed E-state index contributed by atoms with van der Waals surface area (Å²) in [4.78, 5) is 14.5. The van der Waals surface area contributed by atoms with Gasteiger partial charge in [-0.3, -0.25) is 24.2 Å². The van der Waals surface area contributed by atoms with Crippen LogP contribution >= 0.6 is 0 Å². The zero-order chi connectivity index (χ0) is 15.8. The molecule has 2 aliphatic rings. The second-order valence-corrected chi connectivity index (χ2v) is 6.24. The minimum atomic E-state index is -0.0305. The van der Waals surface area contributed by atoms with Crippen molar-refractivity contribution in [1.29, 1.82) is 0 Å². The van der Waals surface area contributed by atoms with Crippen LogP contribution in [0.1, 0.15) is 22.6 Å². The van der Waals surface area contributed by atoms with Crippen molar-refractivity contribution in [1.82, 2.24) is 29.8 Å². The van der Waals surface area contributed by atoms with E-state index in [1.54, 1.807) is 0 Å². The van der Waals surface area contributed by atoms with Gasteiger partial charge >= 0.3 is 0 Å². The van der Waals surface area contributed by atoms with Gasteiger partial charge in [-0.15, -0.1) is 0 Å². The van der Waals surface area contributed by atoms with Gasteiger partial charge in [-0.05, 0) is 12.5 Å². The van der Waals surface area contributed by atoms with E-state index in [2.05, 4.69) is 31.2 Å². The Bertz CT molecular complexity index is 735. The fraction of sp³-hybridized carbons (Fsp3) is 0.600. The fourth-order valence-corrected chi connectivity index (χ4v) is 3.49. The molecule has 2 aromatic rings. The van der Waals surface area contributed by atoms with Crippen LogP contribution in [0.2, 0.25) is 0 Å². The van der Waals surface area contributed by atoms with Crippen molar-refractivity contribution in [2.45, 2.75) is 39.1 Å². The van der Waals surface area contributed by atoms with E-state index in [1.165, 1.54) is 10.4 Å². The van der Waals surface area contributed by atoms with E-state index in [9.17, 15) is 4.79 Å². The molecule has 124 valence electrons. The number of rotatable bonds is 4. The number of hydrogen-bond acceptors (Lipinski definition) is 5. The molecule has 3 N–H and O–H groups in total. The first-order valence-corrected chi connectivity index (χ1v) is 8.14. The number of H-pyrrole nitrogens is 1. The molecule has 4 heterocycles. The molecule has 23 heavy (non-hydrogen) atoms. The first kappa shape index (κ1) is 14.7. The summed E-state index contributed by atoms with van der Waals surface area (Å²) in [5, 5.41) is 20.2. The van der Waals surface area contributed by atoms with Crippen LogP contribution in [0.15, 0.2) is 10.9 Å². The van der Waals surface area contributed by atoms with E-state index >= 15 is 0 Å². The molecule has 0 unspecified atom stereocenters. The number of nitrogens with zero attached hydrogens (tertiary/aromatic N) is 4. The van der Waals surface area contributed by atoms with Crippen LogP contribution in [0.3, 0.4) is 0 Å². The lowest BCUT2D eigenvalue weighted by Gasteiger charge is -2.24. The van der Waals surface area contributed by atoms with Crippen LogP contribution < -0.4 is 10.9 Å². The Hall–Kier alpha value is -1.90. The lowest BCUT2D eigenvalue weighted by Crippen LogP contribution is -2.32. The Morgan fingerprint density at radius 3 is 3.09 bits per heavy atom. The predicted octanol–water partition coefficient (Wildman–Crippen LogP) is -0.973. The molecule has 0 fully saturated rings. The Morgan fingerprint density at radius 2 is 2.26 bits per heavy atom. The van der Waals surface area contributed by atoms with Gasteiger partial charge in [0, 0.05) is 38.3 Å². The largest absolute Gasteiger partial charge is 0.394 e. The highest BCUT2D eigenvalue weighted by Crippen LogP contribution is 2.17. The van der Waals surface area contributed by atoms with Crippen molar-refractivity contribution in [3.8, 4) is 0 Å². The number of aromatic amines is 1. The number of fused-ring (bicyclic) bond motifs is 2. The van der Waals surface area contributed by atoms with Gasteiger partial charge in [0.25, 0.3) is 5.56 Å². The molecular formula is C15H22N6O2. The van der Waals surface area contributed by atoms with Gasteiger partial charge < -0.3 is 10.4 Å². The molecule has 2 aromatic heterocycles. The summed E-state index contributed by atoms with van der Waals surface area (Å²) in [6, 6.07) is 2.17. The quantitative estimate of drug-likeness (QED) is 0.674. The lowest BCUT2D eigenvalue weighted by molar-refractivity contribution is 0.237. The summed E-state index contributed by atoms with van der Waals surface area (Å²) in [7, 11) is 0. The smallest absolute Gasteiger partial charge is 0.270 e. The van der Waals surface area contributed by atoms with E-state index < -0.39 is 0 Å². The maximum atomic E-state index is 12.2. The van der Waals surface area contributed by atoms with Crippen molar-refractivity contribution < 1.29 is 5.11 Å². The van der Waals surface area contributed by atoms with Crippen LogP contribution in [-0.4, -0.2) is 49.3 Å². The standard InChI is InChI=1S/C15H22N6O2/c22-6-5-21-15(23)13-1-3-19(10-14(13)18-21)9-11-7-12-8-16-2-4-20(12)17-11/h7,16,18,22H,1-6,8-10H2. The van der Waals surface area contributed by atoms with Gasteiger partial charge in [-0.25, -0.2) is 0 Å². The van der Waals surface area contributed by atoms with Crippen molar-refractivity contribution in [3.05, 3.63) is 39.1 Å². The van der Waals surface area contributed by atoms with Crippen molar-refractivity contribution in [3.63, 3.8) is 0 Å². The number of hydrogen-bond donors (Lipinski definition) is 3. The Labute approximate surface area is 133 Å². The van der Waals surface area contributed by atoms with Crippen LogP contribution in [0, 0.1) is 0 Å². The first-order chi connectivity index (χ1) is 11.2. The minimum absolute atomic E-state index is 0.0113. The van der Waals surface area contributed by atoms with E-state index in [1.807, 2.05) is 0 Å². The highest BCUT2D eigenvalue weighted by atomic mass is 16.3. The Kier molecular flexibility index (Phi) is 3.80. The van der Waals surface area contributed by atoms with Gasteiger partial charge in [0.1, 0.15) is 0 Å². The normalized spacial score (nSPS) is 18.0. The molecule has 0 bridgehead atoms. The monoisotopic (exact) mass is 318 g/mol. The molecule has 0 amide bonds. The third-order valence-corrected chi connectivity index (χ3v) is 4.63. The van der Waals surface area contributed by atoms with E-state index in [0.29, 0.717) is 6.54 Å². The summed E-state index contributed by atoms with van der Waals surface area (Å²) in [6.45, 7) is 5.46. The summed E-state index contributed by atoms with van der Waals surface area (Å²) >= 11 is 0. The van der Waals surface area contributed by atoms with E-state index in [-0.39, 0.29) is 12.2 Å². The fourth-order valence-electron chi connectivity index (χ4n) is 3.49. The molecule has 0 aliphatic carbocycles. The molecule has 0 atom stereocenters. The molecule has 8 nitrogen and oxygen atoms in total. The predicted molar refractivity (Wildman–Crippen MR) is 83.9 cm³/mol. The number of aromatic nitrogens is 4. The SMILES string of the molecule is O=c1c2c([nH]n1CCO)CN(Cc1cc3n(n1)CCNC3)CC2.